The molecule has 1 aliphatic heterocycles. The molecule has 5 heteroatoms. The maximum Gasteiger partial charge on any atom is 0.295 e. The summed E-state index contributed by atoms with van der Waals surface area (Å²) in [5.74, 6) is -0.865. The summed E-state index contributed by atoms with van der Waals surface area (Å²) in [6, 6.07) is 16.5. The van der Waals surface area contributed by atoms with Crippen molar-refractivity contribution in [3.8, 4) is 0 Å². The Hall–Kier alpha value is -2.92. The van der Waals surface area contributed by atoms with Gasteiger partial charge in [0.1, 0.15) is 5.76 Å². The molecule has 1 saturated heterocycles. The van der Waals surface area contributed by atoms with Crippen LogP contribution in [-0.2, 0) is 9.59 Å². The highest BCUT2D eigenvalue weighted by Crippen LogP contribution is 2.39. The summed E-state index contributed by atoms with van der Waals surface area (Å²) in [7, 11) is 0. The van der Waals surface area contributed by atoms with Gasteiger partial charge in [-0.15, -0.1) is 0 Å². The first-order chi connectivity index (χ1) is 17.4. The molecule has 0 unspecified atom stereocenters. The van der Waals surface area contributed by atoms with E-state index < -0.39 is 17.7 Å². The Morgan fingerprint density at radius 2 is 1.47 bits per heavy atom. The Morgan fingerprint density at radius 3 is 2.03 bits per heavy atom. The Balaban J connectivity index is 1.91. The van der Waals surface area contributed by atoms with Gasteiger partial charge < -0.3 is 14.9 Å². The number of hydrogen-bond acceptors (Lipinski definition) is 4. The molecule has 1 N–H and O–H groups in total. The number of Topliss-reactive ketones (excluding diaryl/α,β-unsaturated/α-hetero) is 1. The van der Waals surface area contributed by atoms with Crippen molar-refractivity contribution < 1.29 is 14.7 Å². The van der Waals surface area contributed by atoms with E-state index in [1.54, 1.807) is 17.0 Å². The lowest BCUT2D eigenvalue weighted by Crippen LogP contribution is -2.34. The number of likely N-dealkylation sites (tertiary alicyclic amines) is 1. The molecular weight excluding hydrogens is 448 g/mol. The van der Waals surface area contributed by atoms with Gasteiger partial charge in [0, 0.05) is 12.1 Å². The summed E-state index contributed by atoms with van der Waals surface area (Å²) in [4.78, 5) is 30.6. The van der Waals surface area contributed by atoms with Crippen LogP contribution in [0.3, 0.4) is 0 Å². The lowest BCUT2D eigenvalue weighted by Gasteiger charge is -2.27. The molecule has 5 nitrogen and oxygen atoms in total. The van der Waals surface area contributed by atoms with E-state index in [0.29, 0.717) is 18.0 Å². The molecule has 0 saturated carbocycles. The zero-order chi connectivity index (χ0) is 26.1. The average Bonchev–Trinajstić information content (AvgIpc) is 3.15. The van der Waals surface area contributed by atoms with Gasteiger partial charge in [-0.1, -0.05) is 95.1 Å². The van der Waals surface area contributed by atoms with Crippen molar-refractivity contribution >= 4 is 17.4 Å². The highest BCUT2D eigenvalue weighted by molar-refractivity contribution is 6.46. The van der Waals surface area contributed by atoms with Gasteiger partial charge in [-0.2, -0.15) is 0 Å². The Bertz CT molecular complexity index is 1020. The SMILES string of the molecule is CCCCN(CCCC)CCCN1C(=O)C(=O)C(=C(O)c2ccccc2)[C@@H]1c1ccc(C(C)C)cc1. The number of benzene rings is 2. The van der Waals surface area contributed by atoms with E-state index in [4.69, 9.17) is 0 Å². The number of nitrogens with zero attached hydrogens (tertiary/aromatic N) is 2. The maximum atomic E-state index is 13.2. The molecule has 1 heterocycles. The minimum atomic E-state index is -0.608. The van der Waals surface area contributed by atoms with Gasteiger partial charge in [-0.05, 0) is 55.9 Å². The monoisotopic (exact) mass is 490 g/mol. The lowest BCUT2D eigenvalue weighted by atomic mass is 9.93. The van der Waals surface area contributed by atoms with Gasteiger partial charge in [-0.25, -0.2) is 0 Å². The number of amides is 1. The fourth-order valence-corrected chi connectivity index (χ4v) is 4.84. The van der Waals surface area contributed by atoms with Crippen molar-refractivity contribution in [3.05, 3.63) is 76.9 Å². The predicted octanol–water partition coefficient (Wildman–Crippen LogP) is 6.52. The number of carbonyl (C=O) groups excluding carboxylic acids is 2. The molecule has 0 spiro atoms. The van der Waals surface area contributed by atoms with Crippen LogP contribution in [0, 0.1) is 0 Å². The number of aliphatic hydroxyl groups is 1. The Labute approximate surface area is 216 Å². The van der Waals surface area contributed by atoms with Crippen LogP contribution in [0.25, 0.3) is 5.76 Å². The fraction of sp³-hybridized carbons (Fsp3) is 0.484. The van der Waals surface area contributed by atoms with Crippen LogP contribution in [0.4, 0.5) is 0 Å². The van der Waals surface area contributed by atoms with Crippen LogP contribution in [0.5, 0.6) is 0 Å². The van der Waals surface area contributed by atoms with Crippen molar-refractivity contribution in [3.63, 3.8) is 0 Å². The van der Waals surface area contributed by atoms with Gasteiger partial charge in [0.25, 0.3) is 11.7 Å². The first-order valence-electron chi connectivity index (χ1n) is 13.5. The lowest BCUT2D eigenvalue weighted by molar-refractivity contribution is -0.140. The maximum absolute atomic E-state index is 13.2. The second-order valence-electron chi connectivity index (χ2n) is 10.1. The largest absolute Gasteiger partial charge is 0.507 e. The zero-order valence-electron chi connectivity index (χ0n) is 22.4. The number of carbonyl (C=O) groups is 2. The van der Waals surface area contributed by atoms with Gasteiger partial charge in [-0.3, -0.25) is 9.59 Å². The Kier molecular flexibility index (Phi) is 10.3. The fourth-order valence-electron chi connectivity index (χ4n) is 4.84. The molecule has 1 atom stereocenters. The molecule has 1 amide bonds. The highest BCUT2D eigenvalue weighted by Gasteiger charge is 2.45. The van der Waals surface area contributed by atoms with Crippen LogP contribution >= 0.6 is 0 Å². The third-order valence-corrected chi connectivity index (χ3v) is 7.04. The molecule has 0 radical (unpaired) electrons. The van der Waals surface area contributed by atoms with Crippen LogP contribution < -0.4 is 0 Å². The highest BCUT2D eigenvalue weighted by atomic mass is 16.3. The number of rotatable bonds is 13. The molecule has 1 fully saturated rings. The van der Waals surface area contributed by atoms with Crippen LogP contribution in [-0.4, -0.2) is 52.8 Å². The van der Waals surface area contributed by atoms with E-state index in [9.17, 15) is 14.7 Å². The summed E-state index contributed by atoms with van der Waals surface area (Å²) in [6.07, 6.45) is 5.42. The second-order valence-corrected chi connectivity index (χ2v) is 10.1. The standard InChI is InChI=1S/C31H42N2O3/c1-5-7-19-32(20-8-6-2)21-12-22-33-28(25-17-15-24(16-18-25)23(3)4)27(30(35)31(33)36)29(34)26-13-10-9-11-14-26/h9-11,13-18,23,28,34H,5-8,12,19-22H2,1-4H3/t28-/m0/s1. The van der Waals surface area contributed by atoms with Crippen molar-refractivity contribution in [2.75, 3.05) is 26.2 Å². The predicted molar refractivity (Wildman–Crippen MR) is 147 cm³/mol. The van der Waals surface area contributed by atoms with Crippen molar-refractivity contribution in [1.29, 1.82) is 0 Å². The van der Waals surface area contributed by atoms with Crippen LogP contribution in [0.15, 0.2) is 60.2 Å². The average molecular weight is 491 g/mol. The van der Waals surface area contributed by atoms with Crippen LogP contribution in [0.2, 0.25) is 0 Å². The van der Waals surface area contributed by atoms with Gasteiger partial charge in [0.2, 0.25) is 0 Å². The van der Waals surface area contributed by atoms with Gasteiger partial charge in [0.05, 0.1) is 11.6 Å². The van der Waals surface area contributed by atoms with E-state index in [2.05, 4.69) is 44.7 Å². The van der Waals surface area contributed by atoms with Gasteiger partial charge in [0.15, 0.2) is 0 Å². The van der Waals surface area contributed by atoms with E-state index in [-0.39, 0.29) is 11.3 Å². The van der Waals surface area contributed by atoms with E-state index in [1.807, 2.05) is 30.3 Å². The molecule has 36 heavy (non-hydrogen) atoms. The summed E-state index contributed by atoms with van der Waals surface area (Å²) in [6.45, 7) is 12.2. The van der Waals surface area contributed by atoms with E-state index in [0.717, 1.165) is 57.3 Å². The molecule has 0 aliphatic carbocycles. The molecule has 3 rings (SSSR count). The van der Waals surface area contributed by atoms with Crippen molar-refractivity contribution in [2.45, 2.75) is 71.8 Å². The zero-order valence-corrected chi connectivity index (χ0v) is 22.4. The summed E-state index contributed by atoms with van der Waals surface area (Å²) in [5, 5.41) is 11.2. The van der Waals surface area contributed by atoms with Gasteiger partial charge >= 0.3 is 0 Å². The minimum absolute atomic E-state index is 0.109. The topological polar surface area (TPSA) is 60.9 Å². The third kappa shape index (κ3) is 6.64. The summed E-state index contributed by atoms with van der Waals surface area (Å²) >= 11 is 0. The summed E-state index contributed by atoms with van der Waals surface area (Å²) in [5.41, 5.74) is 2.77. The number of ketones is 1. The second kappa shape index (κ2) is 13.4. The number of unbranched alkanes of at least 4 members (excludes halogenated alkanes) is 2. The first kappa shape index (κ1) is 27.7. The molecular formula is C31H42N2O3. The molecule has 2 aromatic rings. The Morgan fingerprint density at radius 1 is 0.889 bits per heavy atom. The first-order valence-corrected chi connectivity index (χ1v) is 13.5. The number of aliphatic hydroxyl groups excluding tert-OH is 1. The van der Waals surface area contributed by atoms with Crippen LogP contribution in [0.1, 0.15) is 88.4 Å². The smallest absolute Gasteiger partial charge is 0.295 e. The van der Waals surface area contributed by atoms with Crippen molar-refractivity contribution in [1.82, 2.24) is 9.80 Å². The van der Waals surface area contributed by atoms with E-state index >= 15 is 0 Å². The van der Waals surface area contributed by atoms with Crippen molar-refractivity contribution in [2.24, 2.45) is 0 Å². The number of hydrogen-bond donors (Lipinski definition) is 1. The summed E-state index contributed by atoms with van der Waals surface area (Å²) < 4.78 is 0. The molecule has 1 aliphatic rings. The molecule has 0 bridgehead atoms. The van der Waals surface area contributed by atoms with E-state index in [1.165, 1.54) is 5.56 Å². The molecule has 0 aromatic heterocycles. The molecule has 194 valence electrons. The third-order valence-electron chi connectivity index (χ3n) is 7.04. The minimum Gasteiger partial charge on any atom is -0.507 e. The normalized spacial score (nSPS) is 17.5. The quantitative estimate of drug-likeness (QED) is 0.197. The molecule has 2 aromatic carbocycles.